The molecule has 29 heavy (non-hydrogen) atoms. The second kappa shape index (κ2) is 8.52. The summed E-state index contributed by atoms with van der Waals surface area (Å²) in [6, 6.07) is 14.9. The molecule has 7 heteroatoms. The van der Waals surface area contributed by atoms with Crippen molar-refractivity contribution in [2.75, 3.05) is 0 Å². The molecule has 0 unspecified atom stereocenters. The summed E-state index contributed by atoms with van der Waals surface area (Å²) in [5.74, 6) is 0.882. The lowest BCUT2D eigenvalue weighted by molar-refractivity contribution is 0.0930. The average molecular weight is 388 g/mol. The summed E-state index contributed by atoms with van der Waals surface area (Å²) in [5, 5.41) is 7.75. The Labute approximate surface area is 167 Å². The van der Waals surface area contributed by atoms with Crippen molar-refractivity contribution in [1.29, 1.82) is 0 Å². The molecule has 0 saturated carbocycles. The predicted octanol–water partition coefficient (Wildman–Crippen LogP) is 3.56. The fourth-order valence-corrected chi connectivity index (χ4v) is 3.01. The molecule has 0 spiro atoms. The van der Waals surface area contributed by atoms with Crippen molar-refractivity contribution in [2.24, 2.45) is 0 Å². The molecule has 146 valence electrons. The standard InChI is InChI=1S/C22H20N4O3/c1-15(10-16-4-2-8-23-13-16)25-22(27)21-12-19(29-26-21)14-28-18-6-7-20-17(11-18)5-3-9-24-20/h2-9,11-13,15H,10,14H2,1H3,(H,25,27)/t15-/m0/s1. The third kappa shape index (κ3) is 4.76. The van der Waals surface area contributed by atoms with Crippen LogP contribution in [0.1, 0.15) is 28.7 Å². The summed E-state index contributed by atoms with van der Waals surface area (Å²) in [7, 11) is 0. The van der Waals surface area contributed by atoms with Crippen molar-refractivity contribution in [2.45, 2.75) is 26.0 Å². The van der Waals surface area contributed by atoms with E-state index in [4.69, 9.17) is 9.26 Å². The Morgan fingerprint density at radius 3 is 2.93 bits per heavy atom. The number of nitrogens with zero attached hydrogens (tertiary/aromatic N) is 3. The third-order valence-corrected chi connectivity index (χ3v) is 4.39. The maximum Gasteiger partial charge on any atom is 0.273 e. The monoisotopic (exact) mass is 388 g/mol. The molecular formula is C22H20N4O3. The van der Waals surface area contributed by atoms with Gasteiger partial charge in [0.1, 0.15) is 12.4 Å². The summed E-state index contributed by atoms with van der Waals surface area (Å²) in [6.45, 7) is 2.11. The van der Waals surface area contributed by atoms with Crippen LogP contribution in [0.2, 0.25) is 0 Å². The molecule has 3 aromatic heterocycles. The van der Waals surface area contributed by atoms with Crippen molar-refractivity contribution >= 4 is 16.8 Å². The van der Waals surface area contributed by atoms with E-state index in [9.17, 15) is 4.79 Å². The molecule has 0 aliphatic rings. The summed E-state index contributed by atoms with van der Waals surface area (Å²) >= 11 is 0. The Bertz CT molecular complexity index is 1110. The average Bonchev–Trinajstić information content (AvgIpc) is 3.22. The number of nitrogens with one attached hydrogen (secondary N) is 1. The molecule has 0 bridgehead atoms. The van der Waals surface area contributed by atoms with Crippen molar-refractivity contribution in [3.05, 3.63) is 84.1 Å². The van der Waals surface area contributed by atoms with Gasteiger partial charge in [-0.25, -0.2) is 0 Å². The Hall–Kier alpha value is -3.74. The van der Waals surface area contributed by atoms with Crippen LogP contribution in [0.5, 0.6) is 5.75 Å². The zero-order valence-electron chi connectivity index (χ0n) is 15.9. The van der Waals surface area contributed by atoms with Gasteiger partial charge in [-0.15, -0.1) is 0 Å². The molecule has 4 aromatic rings. The molecule has 0 aliphatic carbocycles. The number of ether oxygens (including phenoxy) is 1. The number of benzene rings is 1. The van der Waals surface area contributed by atoms with E-state index in [-0.39, 0.29) is 24.2 Å². The Morgan fingerprint density at radius 1 is 1.17 bits per heavy atom. The van der Waals surface area contributed by atoms with E-state index in [0.29, 0.717) is 17.9 Å². The summed E-state index contributed by atoms with van der Waals surface area (Å²) in [6.07, 6.45) is 5.95. The largest absolute Gasteiger partial charge is 0.486 e. The minimum atomic E-state index is -0.284. The number of aromatic nitrogens is 3. The summed E-state index contributed by atoms with van der Waals surface area (Å²) < 4.78 is 11.0. The molecule has 1 atom stereocenters. The number of hydrogen-bond donors (Lipinski definition) is 1. The molecule has 0 radical (unpaired) electrons. The molecule has 7 nitrogen and oxygen atoms in total. The predicted molar refractivity (Wildman–Crippen MR) is 107 cm³/mol. The van der Waals surface area contributed by atoms with Gasteiger partial charge in [-0.05, 0) is 49.2 Å². The van der Waals surface area contributed by atoms with Crippen molar-refractivity contribution in [1.82, 2.24) is 20.4 Å². The first-order chi connectivity index (χ1) is 14.2. The smallest absolute Gasteiger partial charge is 0.273 e. The highest BCUT2D eigenvalue weighted by molar-refractivity contribution is 5.92. The number of carbonyl (C=O) groups is 1. The van der Waals surface area contributed by atoms with E-state index in [0.717, 1.165) is 16.5 Å². The van der Waals surface area contributed by atoms with Crippen LogP contribution in [0.4, 0.5) is 0 Å². The number of pyridine rings is 2. The van der Waals surface area contributed by atoms with E-state index in [1.807, 2.05) is 49.4 Å². The Kier molecular flexibility index (Phi) is 5.47. The van der Waals surface area contributed by atoms with Crippen LogP contribution < -0.4 is 10.1 Å². The van der Waals surface area contributed by atoms with Crippen LogP contribution in [-0.2, 0) is 13.0 Å². The maximum atomic E-state index is 12.4. The lowest BCUT2D eigenvalue weighted by Gasteiger charge is -2.12. The molecular weight excluding hydrogens is 368 g/mol. The number of fused-ring (bicyclic) bond motifs is 1. The highest BCUT2D eigenvalue weighted by Crippen LogP contribution is 2.20. The number of amides is 1. The third-order valence-electron chi connectivity index (χ3n) is 4.39. The minimum Gasteiger partial charge on any atom is -0.486 e. The van der Waals surface area contributed by atoms with Crippen LogP contribution in [-0.4, -0.2) is 27.1 Å². The molecule has 1 aromatic carbocycles. The van der Waals surface area contributed by atoms with Gasteiger partial charge in [0.25, 0.3) is 5.91 Å². The first-order valence-electron chi connectivity index (χ1n) is 9.30. The van der Waals surface area contributed by atoms with Crippen molar-refractivity contribution < 1.29 is 14.1 Å². The zero-order valence-corrected chi connectivity index (χ0v) is 15.9. The molecule has 3 heterocycles. The molecule has 1 amide bonds. The van der Waals surface area contributed by atoms with E-state index >= 15 is 0 Å². The quantitative estimate of drug-likeness (QED) is 0.521. The van der Waals surface area contributed by atoms with Gasteiger partial charge in [-0.2, -0.15) is 0 Å². The van der Waals surface area contributed by atoms with Crippen molar-refractivity contribution in [3.8, 4) is 5.75 Å². The van der Waals surface area contributed by atoms with Crippen LogP contribution >= 0.6 is 0 Å². The van der Waals surface area contributed by atoms with Crippen LogP contribution in [0.25, 0.3) is 10.9 Å². The first-order valence-corrected chi connectivity index (χ1v) is 9.30. The second-order valence-corrected chi connectivity index (χ2v) is 6.76. The summed E-state index contributed by atoms with van der Waals surface area (Å²) in [5.41, 5.74) is 2.18. The SMILES string of the molecule is C[C@@H](Cc1cccnc1)NC(=O)c1cc(COc2ccc3ncccc3c2)on1. The topological polar surface area (TPSA) is 90.1 Å². The van der Waals surface area contributed by atoms with E-state index in [2.05, 4.69) is 20.4 Å². The van der Waals surface area contributed by atoms with Crippen LogP contribution in [0, 0.1) is 0 Å². The van der Waals surface area contributed by atoms with E-state index in [1.54, 1.807) is 24.7 Å². The van der Waals surface area contributed by atoms with Gasteiger partial charge in [0, 0.05) is 36.1 Å². The lowest BCUT2D eigenvalue weighted by Crippen LogP contribution is -2.34. The molecule has 0 fully saturated rings. The van der Waals surface area contributed by atoms with Gasteiger partial charge in [-0.1, -0.05) is 17.3 Å². The van der Waals surface area contributed by atoms with Gasteiger partial charge in [0.05, 0.1) is 5.52 Å². The normalized spacial score (nSPS) is 11.9. The fourth-order valence-electron chi connectivity index (χ4n) is 3.01. The number of rotatable bonds is 7. The van der Waals surface area contributed by atoms with Gasteiger partial charge in [0.2, 0.25) is 0 Å². The molecule has 1 N–H and O–H groups in total. The van der Waals surface area contributed by atoms with Gasteiger partial charge < -0.3 is 14.6 Å². The zero-order chi connectivity index (χ0) is 20.1. The Morgan fingerprint density at radius 2 is 2.07 bits per heavy atom. The molecule has 0 saturated heterocycles. The van der Waals surface area contributed by atoms with Gasteiger partial charge >= 0.3 is 0 Å². The van der Waals surface area contributed by atoms with Crippen LogP contribution in [0.3, 0.4) is 0 Å². The summed E-state index contributed by atoms with van der Waals surface area (Å²) in [4.78, 5) is 20.7. The number of carbonyl (C=O) groups excluding carboxylic acids is 1. The van der Waals surface area contributed by atoms with Gasteiger partial charge in [-0.3, -0.25) is 14.8 Å². The second-order valence-electron chi connectivity index (χ2n) is 6.76. The number of hydrogen-bond acceptors (Lipinski definition) is 6. The highest BCUT2D eigenvalue weighted by atomic mass is 16.5. The fraction of sp³-hybridized carbons (Fsp3) is 0.182. The first kappa shape index (κ1) is 18.6. The Balaban J connectivity index is 1.33. The highest BCUT2D eigenvalue weighted by Gasteiger charge is 2.15. The molecule has 4 rings (SSSR count). The maximum absolute atomic E-state index is 12.4. The van der Waals surface area contributed by atoms with Crippen molar-refractivity contribution in [3.63, 3.8) is 0 Å². The van der Waals surface area contributed by atoms with Gasteiger partial charge in [0.15, 0.2) is 11.5 Å². The lowest BCUT2D eigenvalue weighted by atomic mass is 10.1. The molecule has 0 aliphatic heterocycles. The van der Waals surface area contributed by atoms with Crippen LogP contribution in [0.15, 0.2) is 71.6 Å². The van der Waals surface area contributed by atoms with E-state index in [1.165, 1.54) is 0 Å². The minimum absolute atomic E-state index is 0.0608. The van der Waals surface area contributed by atoms with E-state index < -0.39 is 0 Å².